The van der Waals surface area contributed by atoms with Crippen LogP contribution in [-0.4, -0.2) is 34.0 Å². The molecule has 1 N–H and O–H groups in total. The number of aromatic nitrogens is 3. The average molecular weight is 310 g/mol. The quantitative estimate of drug-likeness (QED) is 0.802. The second kappa shape index (κ2) is 6.00. The van der Waals surface area contributed by atoms with Gasteiger partial charge in [-0.1, -0.05) is 12.1 Å². The maximum absolute atomic E-state index is 9.41. The molecular weight excluding hydrogens is 292 g/mol. The highest BCUT2D eigenvalue weighted by atomic mass is 16.5. The minimum absolute atomic E-state index is 0.231. The second-order valence-corrected chi connectivity index (χ2v) is 5.16. The Morgan fingerprint density at radius 3 is 2.43 bits per heavy atom. The number of anilines is 2. The molecule has 1 aromatic heterocycles. The number of hydrogen-bond donors (Lipinski definition) is 1. The molecule has 0 aliphatic heterocycles. The molecule has 0 spiro atoms. The van der Waals surface area contributed by atoms with Crippen molar-refractivity contribution in [1.82, 2.24) is 14.8 Å². The molecular formula is C17H18N4O2. The van der Waals surface area contributed by atoms with Crippen molar-refractivity contribution in [2.75, 3.05) is 19.1 Å². The molecule has 0 saturated heterocycles. The van der Waals surface area contributed by atoms with E-state index < -0.39 is 0 Å². The van der Waals surface area contributed by atoms with Crippen LogP contribution in [0.3, 0.4) is 0 Å². The van der Waals surface area contributed by atoms with Crippen LogP contribution in [0.15, 0.2) is 48.5 Å². The van der Waals surface area contributed by atoms with Crippen molar-refractivity contribution in [2.45, 2.75) is 0 Å². The molecule has 3 rings (SSSR count). The van der Waals surface area contributed by atoms with E-state index in [1.165, 1.54) is 0 Å². The molecule has 0 radical (unpaired) electrons. The van der Waals surface area contributed by atoms with Crippen LogP contribution in [0.1, 0.15) is 0 Å². The summed E-state index contributed by atoms with van der Waals surface area (Å²) >= 11 is 0. The summed E-state index contributed by atoms with van der Waals surface area (Å²) in [4.78, 5) is 1.91. The molecule has 6 nitrogen and oxygen atoms in total. The van der Waals surface area contributed by atoms with Crippen molar-refractivity contribution in [2.24, 2.45) is 7.05 Å². The van der Waals surface area contributed by atoms with Gasteiger partial charge in [-0.2, -0.15) is 0 Å². The Balaban J connectivity index is 2.00. The average Bonchev–Trinajstić information content (AvgIpc) is 2.96. The van der Waals surface area contributed by atoms with Gasteiger partial charge in [-0.3, -0.25) is 4.57 Å². The highest BCUT2D eigenvalue weighted by Crippen LogP contribution is 2.31. The monoisotopic (exact) mass is 310 g/mol. The van der Waals surface area contributed by atoms with Gasteiger partial charge in [-0.25, -0.2) is 0 Å². The molecule has 2 aromatic carbocycles. The molecule has 0 aliphatic carbocycles. The van der Waals surface area contributed by atoms with E-state index >= 15 is 0 Å². The summed E-state index contributed by atoms with van der Waals surface area (Å²) in [5.74, 6) is 2.40. The van der Waals surface area contributed by atoms with Crippen molar-refractivity contribution in [3.8, 4) is 22.9 Å². The number of nitrogens with zero attached hydrogens (tertiary/aromatic N) is 4. The molecule has 0 unspecified atom stereocenters. The van der Waals surface area contributed by atoms with Crippen LogP contribution in [-0.2, 0) is 7.05 Å². The molecule has 0 amide bonds. The van der Waals surface area contributed by atoms with Crippen LogP contribution in [0.2, 0.25) is 0 Å². The Kier molecular flexibility index (Phi) is 3.89. The zero-order valence-electron chi connectivity index (χ0n) is 13.3. The lowest BCUT2D eigenvalue weighted by Crippen LogP contribution is -2.14. The fourth-order valence-corrected chi connectivity index (χ4v) is 2.47. The molecule has 0 saturated carbocycles. The number of phenolic OH excluding ortho intramolecular Hbond substituents is 1. The summed E-state index contributed by atoms with van der Waals surface area (Å²) in [6, 6.07) is 14.6. The van der Waals surface area contributed by atoms with Gasteiger partial charge in [0, 0.05) is 19.8 Å². The lowest BCUT2D eigenvalue weighted by Gasteiger charge is -2.18. The number of methoxy groups -OCH3 is 1. The minimum Gasteiger partial charge on any atom is -0.508 e. The van der Waals surface area contributed by atoms with E-state index in [0.717, 1.165) is 22.8 Å². The van der Waals surface area contributed by atoms with E-state index in [2.05, 4.69) is 10.2 Å². The molecule has 0 atom stereocenters. The van der Waals surface area contributed by atoms with Gasteiger partial charge in [0.25, 0.3) is 0 Å². The summed E-state index contributed by atoms with van der Waals surface area (Å²) < 4.78 is 7.31. The van der Waals surface area contributed by atoms with Gasteiger partial charge < -0.3 is 14.7 Å². The predicted molar refractivity (Wildman–Crippen MR) is 89.2 cm³/mol. The second-order valence-electron chi connectivity index (χ2n) is 5.16. The summed E-state index contributed by atoms with van der Waals surface area (Å²) in [5.41, 5.74) is 1.79. The van der Waals surface area contributed by atoms with E-state index in [0.29, 0.717) is 5.95 Å². The maximum atomic E-state index is 9.41. The zero-order valence-corrected chi connectivity index (χ0v) is 13.3. The van der Waals surface area contributed by atoms with Gasteiger partial charge in [0.2, 0.25) is 5.95 Å². The van der Waals surface area contributed by atoms with Crippen molar-refractivity contribution >= 4 is 11.6 Å². The Morgan fingerprint density at radius 2 is 1.74 bits per heavy atom. The van der Waals surface area contributed by atoms with Crippen LogP contribution in [0.25, 0.3) is 11.4 Å². The summed E-state index contributed by atoms with van der Waals surface area (Å²) in [6.07, 6.45) is 0. The first-order chi connectivity index (χ1) is 11.1. The van der Waals surface area contributed by atoms with Gasteiger partial charge in [0.05, 0.1) is 12.7 Å². The Labute approximate surface area is 134 Å². The summed E-state index contributed by atoms with van der Waals surface area (Å²) in [6.45, 7) is 0. The number of aromatic hydroxyl groups is 1. The minimum atomic E-state index is 0.231. The largest absolute Gasteiger partial charge is 0.508 e. The number of hydrogen-bond acceptors (Lipinski definition) is 5. The van der Waals surface area contributed by atoms with Crippen LogP contribution in [0.4, 0.5) is 11.6 Å². The number of phenols is 1. The molecule has 0 aliphatic rings. The Hall–Kier alpha value is -3.02. The van der Waals surface area contributed by atoms with Crippen LogP contribution >= 0.6 is 0 Å². The molecule has 118 valence electrons. The first-order valence-corrected chi connectivity index (χ1v) is 7.17. The van der Waals surface area contributed by atoms with E-state index in [1.807, 2.05) is 60.0 Å². The smallest absolute Gasteiger partial charge is 0.231 e. The van der Waals surface area contributed by atoms with E-state index in [-0.39, 0.29) is 5.75 Å². The van der Waals surface area contributed by atoms with Gasteiger partial charge in [-0.15, -0.1) is 10.2 Å². The fraction of sp³-hybridized carbons (Fsp3) is 0.176. The number of benzene rings is 2. The third-order valence-corrected chi connectivity index (χ3v) is 3.74. The third-order valence-electron chi connectivity index (χ3n) is 3.74. The van der Waals surface area contributed by atoms with Gasteiger partial charge >= 0.3 is 0 Å². The molecule has 0 fully saturated rings. The molecule has 23 heavy (non-hydrogen) atoms. The zero-order chi connectivity index (χ0) is 16.4. The normalized spacial score (nSPS) is 10.6. The van der Waals surface area contributed by atoms with Gasteiger partial charge in [-0.05, 0) is 36.4 Å². The first-order valence-electron chi connectivity index (χ1n) is 7.17. The van der Waals surface area contributed by atoms with Crippen molar-refractivity contribution in [3.63, 3.8) is 0 Å². The highest BCUT2D eigenvalue weighted by molar-refractivity contribution is 5.67. The standard InChI is InChI=1S/C17H18N4O2/c1-20(12-8-10-13(22)11-9-12)17-19-18-16(21(17)2)14-6-4-5-7-15(14)23-3/h4-11,22H,1-3H3. The molecule has 1 heterocycles. The SMILES string of the molecule is COc1ccccc1-c1nnc(N(C)c2ccc(O)cc2)n1C. The summed E-state index contributed by atoms with van der Waals surface area (Å²) in [5, 5.41) is 18.0. The number of para-hydroxylation sites is 1. The van der Waals surface area contributed by atoms with Crippen molar-refractivity contribution in [1.29, 1.82) is 0 Å². The predicted octanol–water partition coefficient (Wildman–Crippen LogP) is 2.96. The topological polar surface area (TPSA) is 63.4 Å². The van der Waals surface area contributed by atoms with E-state index in [9.17, 15) is 5.11 Å². The first kappa shape index (κ1) is 14.9. The molecule has 6 heteroatoms. The van der Waals surface area contributed by atoms with Gasteiger partial charge in [0.1, 0.15) is 11.5 Å². The maximum Gasteiger partial charge on any atom is 0.231 e. The van der Waals surface area contributed by atoms with Crippen LogP contribution in [0, 0.1) is 0 Å². The van der Waals surface area contributed by atoms with Crippen molar-refractivity contribution in [3.05, 3.63) is 48.5 Å². The molecule has 3 aromatic rings. The fourth-order valence-electron chi connectivity index (χ4n) is 2.47. The van der Waals surface area contributed by atoms with Crippen molar-refractivity contribution < 1.29 is 9.84 Å². The Morgan fingerprint density at radius 1 is 1.04 bits per heavy atom. The number of ether oxygens (including phenoxy) is 1. The summed E-state index contributed by atoms with van der Waals surface area (Å²) in [7, 11) is 5.45. The Bertz CT molecular complexity index is 812. The lowest BCUT2D eigenvalue weighted by molar-refractivity contribution is 0.416. The third kappa shape index (κ3) is 2.70. The van der Waals surface area contributed by atoms with Crippen LogP contribution in [0.5, 0.6) is 11.5 Å². The van der Waals surface area contributed by atoms with Crippen LogP contribution < -0.4 is 9.64 Å². The number of rotatable bonds is 4. The van der Waals surface area contributed by atoms with E-state index in [4.69, 9.17) is 4.74 Å². The van der Waals surface area contributed by atoms with Gasteiger partial charge in [0.15, 0.2) is 5.82 Å². The highest BCUT2D eigenvalue weighted by Gasteiger charge is 2.17. The lowest BCUT2D eigenvalue weighted by atomic mass is 10.2. The van der Waals surface area contributed by atoms with E-state index in [1.54, 1.807) is 19.2 Å². The molecule has 0 bridgehead atoms.